The van der Waals surface area contributed by atoms with Crippen LogP contribution in [-0.2, 0) is 4.79 Å². The summed E-state index contributed by atoms with van der Waals surface area (Å²) in [5, 5.41) is 2.39. The summed E-state index contributed by atoms with van der Waals surface area (Å²) in [6, 6.07) is 0. The van der Waals surface area contributed by atoms with Crippen molar-refractivity contribution in [3.05, 3.63) is 10.7 Å². The summed E-state index contributed by atoms with van der Waals surface area (Å²) in [5.74, 6) is -0.230. The monoisotopic (exact) mass is 153 g/mol. The van der Waals surface area contributed by atoms with Crippen molar-refractivity contribution >= 4 is 29.1 Å². The lowest BCUT2D eigenvalue weighted by Crippen LogP contribution is -2.15. The largest absolute Gasteiger partial charge is 0.316 e. The first kappa shape index (κ1) is 7.79. The molecule has 0 aliphatic heterocycles. The van der Waals surface area contributed by atoms with Gasteiger partial charge < -0.3 is 5.32 Å². The van der Waals surface area contributed by atoms with Crippen LogP contribution in [0.4, 0.5) is 0 Å². The van der Waals surface area contributed by atoms with Gasteiger partial charge in [0.25, 0.3) is 0 Å². The molecule has 0 atom stereocenters. The van der Waals surface area contributed by atoms with E-state index in [1.807, 2.05) is 0 Å². The van der Waals surface area contributed by atoms with Gasteiger partial charge in [-0.05, 0) is 0 Å². The van der Waals surface area contributed by atoms with Gasteiger partial charge in [0.15, 0.2) is 0 Å². The zero-order valence-electron chi connectivity index (χ0n) is 4.24. The summed E-state index contributed by atoms with van der Waals surface area (Å²) in [5.41, 5.74) is 1.09. The quantitative estimate of drug-likeness (QED) is 0.568. The van der Waals surface area contributed by atoms with Crippen LogP contribution >= 0.6 is 23.2 Å². The van der Waals surface area contributed by atoms with Gasteiger partial charge in [0, 0.05) is 12.5 Å². The first-order valence-electron chi connectivity index (χ1n) is 1.90. The van der Waals surface area contributed by atoms with Crippen molar-refractivity contribution in [3.8, 4) is 0 Å². The van der Waals surface area contributed by atoms with Crippen molar-refractivity contribution in [2.24, 2.45) is 0 Å². The Bertz CT molecular complexity index is 121. The summed E-state index contributed by atoms with van der Waals surface area (Å²) < 4.78 is 0. The van der Waals surface area contributed by atoms with E-state index >= 15 is 0 Å². The molecule has 0 aliphatic carbocycles. The Morgan fingerprint density at radius 2 is 2.25 bits per heavy atom. The lowest BCUT2D eigenvalue weighted by molar-refractivity contribution is -0.118. The zero-order valence-corrected chi connectivity index (χ0v) is 5.75. The first-order valence-corrected chi connectivity index (χ1v) is 2.71. The molecule has 0 unspecified atom stereocenters. The zero-order chi connectivity index (χ0) is 6.57. The molecule has 0 spiro atoms. The highest BCUT2D eigenvalue weighted by Crippen LogP contribution is 1.96. The summed E-state index contributed by atoms with van der Waals surface area (Å²) in [6.07, 6.45) is 0. The molecule has 0 rings (SSSR count). The van der Waals surface area contributed by atoms with Gasteiger partial charge in [0.1, 0.15) is 5.16 Å². The Hall–Kier alpha value is -0.210. The molecule has 2 nitrogen and oxygen atoms in total. The highest BCUT2D eigenvalue weighted by atomic mass is 35.5. The summed E-state index contributed by atoms with van der Waals surface area (Å²) in [4.78, 5) is 10.1. The molecule has 0 saturated carbocycles. The van der Waals surface area contributed by atoms with Gasteiger partial charge in [-0.15, -0.1) is 0 Å². The molecule has 0 aliphatic rings. The minimum absolute atomic E-state index is 0.138. The number of carbonyl (C=O) groups is 1. The summed E-state index contributed by atoms with van der Waals surface area (Å²) >= 11 is 10.3. The van der Waals surface area contributed by atoms with Crippen molar-refractivity contribution in [2.75, 3.05) is 0 Å². The average molecular weight is 154 g/mol. The number of amides is 1. The van der Waals surface area contributed by atoms with Gasteiger partial charge >= 0.3 is 0 Å². The number of hydrogen-bond acceptors (Lipinski definition) is 1. The Morgan fingerprint density at radius 1 is 1.75 bits per heavy atom. The van der Waals surface area contributed by atoms with Crippen molar-refractivity contribution < 1.29 is 4.79 Å². The van der Waals surface area contributed by atoms with E-state index < -0.39 is 0 Å². The standard InChI is InChI=1S/C4H5Cl2NO/c1-3(8)7-4(6)2-5/h2H,1H3,(H,7,8). The molecule has 0 radical (unpaired) electrons. The molecule has 1 N–H and O–H groups in total. The van der Waals surface area contributed by atoms with Crippen LogP contribution in [0.3, 0.4) is 0 Å². The van der Waals surface area contributed by atoms with E-state index in [1.165, 1.54) is 6.92 Å². The van der Waals surface area contributed by atoms with Crippen LogP contribution in [0.2, 0.25) is 0 Å². The molecule has 46 valence electrons. The second kappa shape index (κ2) is 3.75. The van der Waals surface area contributed by atoms with E-state index in [-0.39, 0.29) is 11.1 Å². The van der Waals surface area contributed by atoms with Gasteiger partial charge in [0.2, 0.25) is 5.91 Å². The smallest absolute Gasteiger partial charge is 0.221 e. The Kier molecular flexibility index (Phi) is 3.65. The molecule has 0 aromatic rings. The van der Waals surface area contributed by atoms with Crippen LogP contribution in [0.15, 0.2) is 10.7 Å². The molecular weight excluding hydrogens is 149 g/mol. The Balaban J connectivity index is 3.56. The van der Waals surface area contributed by atoms with Crippen molar-refractivity contribution in [1.82, 2.24) is 5.32 Å². The summed E-state index contributed by atoms with van der Waals surface area (Å²) in [6.45, 7) is 1.35. The van der Waals surface area contributed by atoms with Gasteiger partial charge in [-0.25, -0.2) is 0 Å². The van der Waals surface area contributed by atoms with Crippen LogP contribution < -0.4 is 5.32 Å². The maximum atomic E-state index is 10.1. The van der Waals surface area contributed by atoms with Gasteiger partial charge in [-0.3, -0.25) is 4.79 Å². The second-order valence-corrected chi connectivity index (χ2v) is 1.76. The van der Waals surface area contributed by atoms with Crippen molar-refractivity contribution in [2.45, 2.75) is 6.92 Å². The molecule has 8 heavy (non-hydrogen) atoms. The fraction of sp³-hybridized carbons (Fsp3) is 0.250. The normalized spacial score (nSPS) is 11.1. The fourth-order valence-electron chi connectivity index (χ4n) is 0.195. The lowest BCUT2D eigenvalue weighted by Gasteiger charge is -1.93. The van der Waals surface area contributed by atoms with E-state index in [1.54, 1.807) is 0 Å². The van der Waals surface area contributed by atoms with Crippen molar-refractivity contribution in [3.63, 3.8) is 0 Å². The molecular formula is C4H5Cl2NO. The maximum Gasteiger partial charge on any atom is 0.221 e. The Morgan fingerprint density at radius 3 is 2.38 bits per heavy atom. The summed E-state index contributed by atoms with van der Waals surface area (Å²) in [7, 11) is 0. The van der Waals surface area contributed by atoms with E-state index in [0.29, 0.717) is 0 Å². The van der Waals surface area contributed by atoms with Crippen LogP contribution in [0, 0.1) is 0 Å². The molecule has 0 aromatic carbocycles. The fourth-order valence-corrected chi connectivity index (χ4v) is 0.383. The van der Waals surface area contributed by atoms with Crippen LogP contribution in [0.25, 0.3) is 0 Å². The first-order chi connectivity index (χ1) is 3.66. The van der Waals surface area contributed by atoms with E-state index in [0.717, 1.165) is 5.54 Å². The SMILES string of the molecule is CC(=O)NC(Cl)=CCl. The van der Waals surface area contributed by atoms with E-state index in [2.05, 4.69) is 5.32 Å². The molecule has 0 fully saturated rings. The maximum absolute atomic E-state index is 10.1. The highest BCUT2D eigenvalue weighted by molar-refractivity contribution is 6.36. The highest BCUT2D eigenvalue weighted by Gasteiger charge is 1.90. The minimum atomic E-state index is -0.230. The number of carbonyl (C=O) groups excluding carboxylic acids is 1. The third-order valence-corrected chi connectivity index (χ3v) is 0.925. The van der Waals surface area contributed by atoms with E-state index in [9.17, 15) is 4.79 Å². The molecule has 4 heteroatoms. The third-order valence-electron chi connectivity index (χ3n) is 0.391. The van der Waals surface area contributed by atoms with Gasteiger partial charge in [-0.2, -0.15) is 0 Å². The van der Waals surface area contributed by atoms with Crippen molar-refractivity contribution in [1.29, 1.82) is 0 Å². The average Bonchev–Trinajstić information content (AvgIpc) is 1.65. The number of rotatable bonds is 1. The Labute approximate surface area is 57.5 Å². The predicted octanol–water partition coefficient (Wildman–Crippen LogP) is 1.40. The third kappa shape index (κ3) is 3.96. The topological polar surface area (TPSA) is 29.1 Å². The predicted molar refractivity (Wildman–Crippen MR) is 33.6 cm³/mol. The molecule has 0 saturated heterocycles. The molecule has 0 heterocycles. The van der Waals surface area contributed by atoms with E-state index in [4.69, 9.17) is 23.2 Å². The number of halogens is 2. The van der Waals surface area contributed by atoms with Crippen LogP contribution in [0.5, 0.6) is 0 Å². The molecule has 0 aromatic heterocycles. The molecule has 0 bridgehead atoms. The second-order valence-electron chi connectivity index (χ2n) is 1.14. The number of nitrogens with one attached hydrogen (secondary N) is 1. The van der Waals surface area contributed by atoms with Gasteiger partial charge in [-0.1, -0.05) is 23.2 Å². The van der Waals surface area contributed by atoms with Crippen LogP contribution in [0.1, 0.15) is 6.92 Å². The van der Waals surface area contributed by atoms with Gasteiger partial charge in [0.05, 0.1) is 0 Å². The van der Waals surface area contributed by atoms with Crippen LogP contribution in [-0.4, -0.2) is 5.91 Å². The minimum Gasteiger partial charge on any atom is -0.316 e. The molecule has 1 amide bonds. The number of hydrogen-bond donors (Lipinski definition) is 1. The lowest BCUT2D eigenvalue weighted by atomic mass is 10.7.